The van der Waals surface area contributed by atoms with Crippen molar-refractivity contribution in [3.8, 4) is 0 Å². The molecule has 3 nitrogen and oxygen atoms in total. The van der Waals surface area contributed by atoms with E-state index >= 15 is 0 Å². The Kier molecular flexibility index (Phi) is 4.13. The maximum absolute atomic E-state index is 10.9. The summed E-state index contributed by atoms with van der Waals surface area (Å²) >= 11 is 0. The topological polar surface area (TPSA) is 49.3 Å². The van der Waals surface area contributed by atoms with Crippen molar-refractivity contribution in [3.05, 3.63) is 29.3 Å². The molecule has 0 unspecified atom stereocenters. The average molecular weight is 261 g/mol. The molecule has 104 valence electrons. The molecule has 0 amide bonds. The minimum absolute atomic E-state index is 0.354. The van der Waals surface area contributed by atoms with E-state index in [1.165, 1.54) is 32.1 Å². The summed E-state index contributed by atoms with van der Waals surface area (Å²) in [5.41, 5.74) is 2.79. The molecule has 1 aromatic carbocycles. The third kappa shape index (κ3) is 3.49. The van der Waals surface area contributed by atoms with Gasteiger partial charge in [0.2, 0.25) is 0 Å². The summed E-state index contributed by atoms with van der Waals surface area (Å²) in [7, 11) is 0. The van der Waals surface area contributed by atoms with Gasteiger partial charge in [0.25, 0.3) is 0 Å². The molecule has 0 saturated heterocycles. The number of nitrogens with one attached hydrogen (secondary N) is 1. The molecule has 1 aromatic rings. The Bertz CT molecular complexity index is 462. The molecule has 0 bridgehead atoms. The summed E-state index contributed by atoms with van der Waals surface area (Å²) in [6, 6.07) is 5.28. The highest BCUT2D eigenvalue weighted by Gasteiger charge is 2.26. The zero-order valence-electron chi connectivity index (χ0n) is 11.8. The number of aryl methyl sites for hydroxylation is 1. The first-order valence-corrected chi connectivity index (χ1v) is 7.08. The van der Waals surface area contributed by atoms with Crippen LogP contribution in [0.5, 0.6) is 0 Å². The van der Waals surface area contributed by atoms with Crippen LogP contribution in [0, 0.1) is 12.3 Å². The Balaban J connectivity index is 2.01. The van der Waals surface area contributed by atoms with E-state index in [2.05, 4.69) is 12.2 Å². The highest BCUT2D eigenvalue weighted by molar-refractivity contribution is 5.88. The van der Waals surface area contributed by atoms with Crippen LogP contribution in [0.15, 0.2) is 18.2 Å². The zero-order valence-corrected chi connectivity index (χ0v) is 11.8. The highest BCUT2D eigenvalue weighted by atomic mass is 16.4. The molecule has 0 aromatic heterocycles. The fourth-order valence-electron chi connectivity index (χ4n) is 2.89. The number of aromatic carboxylic acids is 1. The third-order valence-corrected chi connectivity index (χ3v) is 4.24. The molecule has 0 atom stereocenters. The Morgan fingerprint density at radius 3 is 2.58 bits per heavy atom. The summed E-state index contributed by atoms with van der Waals surface area (Å²) in [6.07, 6.45) is 6.59. The maximum Gasteiger partial charge on any atom is 0.335 e. The lowest BCUT2D eigenvalue weighted by Gasteiger charge is -2.34. The van der Waals surface area contributed by atoms with E-state index in [1.54, 1.807) is 12.1 Å². The minimum atomic E-state index is -0.867. The molecule has 0 aliphatic heterocycles. The molecule has 0 radical (unpaired) electrons. The highest BCUT2D eigenvalue weighted by Crippen LogP contribution is 2.36. The smallest absolute Gasteiger partial charge is 0.335 e. The number of anilines is 1. The third-order valence-electron chi connectivity index (χ3n) is 4.24. The minimum Gasteiger partial charge on any atom is -0.478 e. The lowest BCUT2D eigenvalue weighted by Crippen LogP contribution is -2.29. The van der Waals surface area contributed by atoms with Crippen LogP contribution in [0.4, 0.5) is 5.69 Å². The number of hydrogen-bond acceptors (Lipinski definition) is 2. The molecule has 3 heteroatoms. The van der Waals surface area contributed by atoms with Crippen LogP contribution in [0.1, 0.15) is 54.9 Å². The zero-order chi connectivity index (χ0) is 13.9. The van der Waals surface area contributed by atoms with Gasteiger partial charge in [0.15, 0.2) is 0 Å². The SMILES string of the molecule is Cc1cc(C(=O)O)ccc1NCC1(C)CCCCC1. The number of rotatable bonds is 4. The van der Waals surface area contributed by atoms with Crippen LogP contribution in [0.3, 0.4) is 0 Å². The predicted octanol–water partition coefficient (Wildman–Crippen LogP) is 4.08. The summed E-state index contributed by atoms with van der Waals surface area (Å²) in [5, 5.41) is 12.5. The van der Waals surface area contributed by atoms with Gasteiger partial charge in [0.1, 0.15) is 0 Å². The van der Waals surface area contributed by atoms with E-state index < -0.39 is 5.97 Å². The van der Waals surface area contributed by atoms with Gasteiger partial charge in [0, 0.05) is 12.2 Å². The van der Waals surface area contributed by atoms with Gasteiger partial charge in [-0.3, -0.25) is 0 Å². The number of benzene rings is 1. The quantitative estimate of drug-likeness (QED) is 0.858. The van der Waals surface area contributed by atoms with Crippen molar-refractivity contribution in [1.29, 1.82) is 0 Å². The Labute approximate surface area is 115 Å². The molecular formula is C16H23NO2. The number of carboxylic acids is 1. The van der Waals surface area contributed by atoms with Crippen molar-refractivity contribution in [3.63, 3.8) is 0 Å². The Morgan fingerprint density at radius 1 is 1.32 bits per heavy atom. The maximum atomic E-state index is 10.9. The van der Waals surface area contributed by atoms with Crippen LogP contribution < -0.4 is 5.32 Å². The Hall–Kier alpha value is -1.51. The van der Waals surface area contributed by atoms with Gasteiger partial charge in [-0.05, 0) is 48.9 Å². The van der Waals surface area contributed by atoms with Gasteiger partial charge in [-0.15, -0.1) is 0 Å². The average Bonchev–Trinajstić information content (AvgIpc) is 2.38. The summed E-state index contributed by atoms with van der Waals surface area (Å²) in [4.78, 5) is 10.9. The fraction of sp³-hybridized carbons (Fsp3) is 0.562. The summed E-state index contributed by atoms with van der Waals surface area (Å²) in [5.74, 6) is -0.867. The molecule has 2 N–H and O–H groups in total. The first kappa shape index (κ1) is 13.9. The van der Waals surface area contributed by atoms with Gasteiger partial charge in [-0.1, -0.05) is 26.2 Å². The molecule has 0 heterocycles. The van der Waals surface area contributed by atoms with Crippen LogP contribution in [0.2, 0.25) is 0 Å². The van der Waals surface area contributed by atoms with Gasteiger partial charge >= 0.3 is 5.97 Å². The van der Waals surface area contributed by atoms with Crippen molar-refractivity contribution in [2.45, 2.75) is 46.0 Å². The standard InChI is InChI=1S/C16H23NO2/c1-12-10-13(15(18)19)6-7-14(12)17-11-16(2)8-4-3-5-9-16/h6-7,10,17H,3-5,8-9,11H2,1-2H3,(H,18,19). The monoisotopic (exact) mass is 261 g/mol. The molecule has 1 saturated carbocycles. The molecule has 19 heavy (non-hydrogen) atoms. The lowest BCUT2D eigenvalue weighted by atomic mass is 9.75. The van der Waals surface area contributed by atoms with Crippen LogP contribution >= 0.6 is 0 Å². The van der Waals surface area contributed by atoms with E-state index in [0.29, 0.717) is 11.0 Å². The Morgan fingerprint density at radius 2 is 2.00 bits per heavy atom. The molecule has 1 aliphatic rings. The second-order valence-corrected chi connectivity index (χ2v) is 6.06. The van der Waals surface area contributed by atoms with E-state index in [-0.39, 0.29) is 0 Å². The van der Waals surface area contributed by atoms with Crippen molar-refractivity contribution >= 4 is 11.7 Å². The summed E-state index contributed by atoms with van der Waals surface area (Å²) < 4.78 is 0. The van der Waals surface area contributed by atoms with Gasteiger partial charge in [0.05, 0.1) is 5.56 Å². The summed E-state index contributed by atoms with van der Waals surface area (Å²) in [6.45, 7) is 5.28. The van der Waals surface area contributed by atoms with Crippen molar-refractivity contribution in [1.82, 2.24) is 0 Å². The largest absolute Gasteiger partial charge is 0.478 e. The number of hydrogen-bond donors (Lipinski definition) is 2. The van der Waals surface area contributed by atoms with Crippen LogP contribution in [0.25, 0.3) is 0 Å². The molecular weight excluding hydrogens is 238 g/mol. The van der Waals surface area contributed by atoms with E-state index in [1.807, 2.05) is 13.0 Å². The van der Waals surface area contributed by atoms with Crippen molar-refractivity contribution in [2.24, 2.45) is 5.41 Å². The first-order chi connectivity index (χ1) is 9.00. The predicted molar refractivity (Wildman–Crippen MR) is 77.8 cm³/mol. The molecule has 1 fully saturated rings. The molecule has 0 spiro atoms. The van der Waals surface area contributed by atoms with E-state index in [9.17, 15) is 4.79 Å². The van der Waals surface area contributed by atoms with Gasteiger partial charge in [-0.2, -0.15) is 0 Å². The van der Waals surface area contributed by atoms with E-state index in [0.717, 1.165) is 17.8 Å². The molecule has 2 rings (SSSR count). The second-order valence-electron chi connectivity index (χ2n) is 6.06. The van der Waals surface area contributed by atoms with Crippen molar-refractivity contribution < 1.29 is 9.90 Å². The van der Waals surface area contributed by atoms with E-state index in [4.69, 9.17) is 5.11 Å². The van der Waals surface area contributed by atoms with Crippen molar-refractivity contribution in [2.75, 3.05) is 11.9 Å². The number of carboxylic acid groups (broad SMARTS) is 1. The fourth-order valence-corrected chi connectivity index (χ4v) is 2.89. The molecule has 1 aliphatic carbocycles. The number of carbonyl (C=O) groups is 1. The lowest BCUT2D eigenvalue weighted by molar-refractivity contribution is 0.0697. The normalized spacial score (nSPS) is 18.0. The second kappa shape index (κ2) is 5.64. The van der Waals surface area contributed by atoms with Gasteiger partial charge in [-0.25, -0.2) is 4.79 Å². The van der Waals surface area contributed by atoms with Gasteiger partial charge < -0.3 is 10.4 Å². The van der Waals surface area contributed by atoms with Crippen LogP contribution in [-0.2, 0) is 0 Å². The van der Waals surface area contributed by atoms with Crippen LogP contribution in [-0.4, -0.2) is 17.6 Å². The first-order valence-electron chi connectivity index (χ1n) is 7.08.